The van der Waals surface area contributed by atoms with Crippen LogP contribution in [0.5, 0.6) is 0 Å². The number of benzene rings is 1. The fourth-order valence-electron chi connectivity index (χ4n) is 3.20. The van der Waals surface area contributed by atoms with E-state index >= 15 is 0 Å². The average molecular weight is 441 g/mol. The van der Waals surface area contributed by atoms with Gasteiger partial charge in [0.05, 0.1) is 21.2 Å². The summed E-state index contributed by atoms with van der Waals surface area (Å²) >= 11 is 1.65. The summed E-state index contributed by atoms with van der Waals surface area (Å²) in [6, 6.07) is 3.31. The maximum Gasteiger partial charge on any atom is 0.256 e. The molecule has 1 saturated heterocycles. The maximum absolute atomic E-state index is 14.3. The number of hydrogen-bond donors (Lipinski definition) is 1. The van der Waals surface area contributed by atoms with Crippen LogP contribution in [0.15, 0.2) is 28.5 Å². The van der Waals surface area contributed by atoms with Gasteiger partial charge >= 0.3 is 0 Å². The van der Waals surface area contributed by atoms with E-state index in [1.54, 1.807) is 23.2 Å². The van der Waals surface area contributed by atoms with Crippen molar-refractivity contribution >= 4 is 27.3 Å². The molecule has 0 unspecified atom stereocenters. The van der Waals surface area contributed by atoms with E-state index in [1.807, 2.05) is 0 Å². The number of hydrogen-bond acceptors (Lipinski definition) is 6. The standard InChI is InChI=1S/C19H25FN4O3S2/c1-3-18-22-14(13-28-18)12-23-7-9-24(10-8-23)19(25)16-11-15(5-6-17(16)20)29(26,27)21-4-2/h5-6,11,13,21H,3-4,7-10,12H2,1-2H3. The van der Waals surface area contributed by atoms with Gasteiger partial charge in [-0.3, -0.25) is 9.69 Å². The number of amides is 1. The molecule has 0 radical (unpaired) electrons. The first-order valence-electron chi connectivity index (χ1n) is 9.58. The number of piperazine rings is 1. The molecule has 1 aliphatic rings. The fraction of sp³-hybridized carbons (Fsp3) is 0.474. The molecular weight excluding hydrogens is 415 g/mol. The van der Waals surface area contributed by atoms with Crippen LogP contribution in [0.4, 0.5) is 4.39 Å². The lowest BCUT2D eigenvalue weighted by molar-refractivity contribution is 0.0622. The Hall–Kier alpha value is -1.88. The molecule has 2 heterocycles. The van der Waals surface area contributed by atoms with Gasteiger partial charge in [-0.15, -0.1) is 11.3 Å². The highest BCUT2D eigenvalue weighted by Gasteiger charge is 2.26. The predicted molar refractivity (Wildman–Crippen MR) is 110 cm³/mol. The van der Waals surface area contributed by atoms with Crippen LogP contribution in [-0.4, -0.2) is 61.8 Å². The van der Waals surface area contributed by atoms with Crippen molar-refractivity contribution in [2.75, 3.05) is 32.7 Å². The van der Waals surface area contributed by atoms with Gasteiger partial charge in [-0.25, -0.2) is 22.5 Å². The summed E-state index contributed by atoms with van der Waals surface area (Å²) in [7, 11) is -3.76. The van der Waals surface area contributed by atoms with Gasteiger partial charge in [-0.05, 0) is 24.6 Å². The Balaban J connectivity index is 1.66. The number of nitrogens with zero attached hydrogens (tertiary/aromatic N) is 3. The summed E-state index contributed by atoms with van der Waals surface area (Å²) in [6.45, 7) is 6.88. The Kier molecular flexibility index (Phi) is 6.99. The molecule has 1 aliphatic heterocycles. The minimum absolute atomic E-state index is 0.113. The van der Waals surface area contributed by atoms with Gasteiger partial charge in [-0.2, -0.15) is 0 Å². The molecule has 3 rings (SSSR count). The highest BCUT2D eigenvalue weighted by Crippen LogP contribution is 2.19. The molecule has 29 heavy (non-hydrogen) atoms. The number of carbonyl (C=O) groups excluding carboxylic acids is 1. The maximum atomic E-state index is 14.3. The number of aryl methyl sites for hydroxylation is 1. The molecule has 0 saturated carbocycles. The topological polar surface area (TPSA) is 82.6 Å². The molecule has 10 heteroatoms. The molecule has 0 bridgehead atoms. The van der Waals surface area contributed by atoms with E-state index in [-0.39, 0.29) is 17.0 Å². The summed E-state index contributed by atoms with van der Waals surface area (Å²) in [5.74, 6) is -1.21. The van der Waals surface area contributed by atoms with Gasteiger partial charge in [0.15, 0.2) is 0 Å². The minimum atomic E-state index is -3.76. The van der Waals surface area contributed by atoms with E-state index in [2.05, 4.69) is 26.9 Å². The van der Waals surface area contributed by atoms with Crippen molar-refractivity contribution in [3.05, 3.63) is 45.7 Å². The second-order valence-corrected chi connectivity index (χ2v) is 9.51. The van der Waals surface area contributed by atoms with Gasteiger partial charge in [0.25, 0.3) is 5.91 Å². The van der Waals surface area contributed by atoms with Crippen molar-refractivity contribution in [3.8, 4) is 0 Å². The molecule has 7 nitrogen and oxygen atoms in total. The Bertz CT molecular complexity index is 970. The van der Waals surface area contributed by atoms with Crippen molar-refractivity contribution < 1.29 is 17.6 Å². The van der Waals surface area contributed by atoms with Crippen LogP contribution in [0.1, 0.15) is 34.9 Å². The Morgan fingerprint density at radius 3 is 2.59 bits per heavy atom. The zero-order valence-corrected chi connectivity index (χ0v) is 18.2. The normalized spacial score (nSPS) is 15.6. The first-order chi connectivity index (χ1) is 13.8. The smallest absolute Gasteiger partial charge is 0.256 e. The third-order valence-corrected chi connectivity index (χ3v) is 7.34. The number of sulfonamides is 1. The molecule has 0 spiro atoms. The van der Waals surface area contributed by atoms with E-state index in [0.29, 0.717) is 26.2 Å². The zero-order valence-electron chi connectivity index (χ0n) is 16.5. The van der Waals surface area contributed by atoms with Gasteiger partial charge in [0.2, 0.25) is 10.0 Å². The third kappa shape index (κ3) is 5.19. The lowest BCUT2D eigenvalue weighted by Crippen LogP contribution is -2.48. The molecule has 2 aromatic rings. The minimum Gasteiger partial charge on any atom is -0.336 e. The molecule has 1 N–H and O–H groups in total. The van der Waals surface area contributed by atoms with Crippen LogP contribution in [0, 0.1) is 5.82 Å². The van der Waals surface area contributed by atoms with Gasteiger partial charge < -0.3 is 4.90 Å². The highest BCUT2D eigenvalue weighted by molar-refractivity contribution is 7.89. The molecule has 1 amide bonds. The van der Waals surface area contributed by atoms with Crippen molar-refractivity contribution in [1.82, 2.24) is 19.5 Å². The number of nitrogens with one attached hydrogen (secondary N) is 1. The van der Waals surface area contributed by atoms with Crippen molar-refractivity contribution in [3.63, 3.8) is 0 Å². The monoisotopic (exact) mass is 440 g/mol. The number of thiazole rings is 1. The Labute approximate surface area is 174 Å². The van der Waals surface area contributed by atoms with Crippen molar-refractivity contribution in [2.45, 2.75) is 31.7 Å². The summed E-state index contributed by atoms with van der Waals surface area (Å²) in [5.41, 5.74) is 0.809. The van der Waals surface area contributed by atoms with E-state index in [9.17, 15) is 17.6 Å². The van der Waals surface area contributed by atoms with Crippen LogP contribution in [-0.2, 0) is 23.0 Å². The van der Waals surface area contributed by atoms with E-state index in [1.165, 1.54) is 6.07 Å². The van der Waals surface area contributed by atoms with Crippen molar-refractivity contribution in [1.29, 1.82) is 0 Å². The third-order valence-electron chi connectivity index (χ3n) is 4.76. The summed E-state index contributed by atoms with van der Waals surface area (Å²) in [5, 5.41) is 3.17. The van der Waals surface area contributed by atoms with Crippen LogP contribution in [0.25, 0.3) is 0 Å². The predicted octanol–water partition coefficient (Wildman–Crippen LogP) is 2.10. The summed E-state index contributed by atoms with van der Waals surface area (Å²) < 4.78 is 40.9. The van der Waals surface area contributed by atoms with Gasteiger partial charge in [-0.1, -0.05) is 13.8 Å². The Morgan fingerprint density at radius 1 is 1.24 bits per heavy atom. The lowest BCUT2D eigenvalue weighted by atomic mass is 10.1. The van der Waals surface area contributed by atoms with E-state index in [4.69, 9.17) is 0 Å². The molecule has 1 aromatic carbocycles. The van der Waals surface area contributed by atoms with Crippen LogP contribution >= 0.6 is 11.3 Å². The van der Waals surface area contributed by atoms with Crippen molar-refractivity contribution in [2.24, 2.45) is 0 Å². The number of halogens is 1. The largest absolute Gasteiger partial charge is 0.336 e. The van der Waals surface area contributed by atoms with Crippen LogP contribution in [0.2, 0.25) is 0 Å². The zero-order chi connectivity index (χ0) is 21.0. The Morgan fingerprint density at radius 2 is 1.97 bits per heavy atom. The second-order valence-electron chi connectivity index (χ2n) is 6.80. The van der Waals surface area contributed by atoms with Crippen LogP contribution < -0.4 is 4.72 Å². The molecule has 0 atom stereocenters. The van der Waals surface area contributed by atoms with Crippen LogP contribution in [0.3, 0.4) is 0 Å². The number of carbonyl (C=O) groups is 1. The first-order valence-corrected chi connectivity index (χ1v) is 11.9. The molecule has 0 aliphatic carbocycles. The quantitative estimate of drug-likeness (QED) is 0.713. The lowest BCUT2D eigenvalue weighted by Gasteiger charge is -2.34. The highest BCUT2D eigenvalue weighted by atomic mass is 32.2. The fourth-order valence-corrected chi connectivity index (χ4v) is 5.00. The first kappa shape index (κ1) is 21.8. The van der Waals surface area contributed by atoms with E-state index < -0.39 is 21.7 Å². The van der Waals surface area contributed by atoms with E-state index in [0.717, 1.165) is 35.8 Å². The molecule has 1 aromatic heterocycles. The SMILES string of the molecule is CCNS(=O)(=O)c1ccc(F)c(C(=O)N2CCN(Cc3csc(CC)n3)CC2)c1. The molecule has 158 valence electrons. The summed E-state index contributed by atoms with van der Waals surface area (Å²) in [4.78, 5) is 21.0. The number of rotatable bonds is 7. The molecular formula is C19H25FN4O3S2. The number of aromatic nitrogens is 1. The van der Waals surface area contributed by atoms with Gasteiger partial charge in [0, 0.05) is 44.6 Å². The molecule has 1 fully saturated rings. The second kappa shape index (κ2) is 9.29. The average Bonchev–Trinajstić information content (AvgIpc) is 3.16. The summed E-state index contributed by atoms with van der Waals surface area (Å²) in [6.07, 6.45) is 0.918. The van der Waals surface area contributed by atoms with Gasteiger partial charge in [0.1, 0.15) is 5.82 Å².